The number of hydrogen-bond donors (Lipinski definition) is 1. The average molecular weight is 341 g/mol. The van der Waals surface area contributed by atoms with Gasteiger partial charge in [0.2, 0.25) is 5.89 Å². The minimum Gasteiger partial charge on any atom is -0.496 e. The van der Waals surface area contributed by atoms with E-state index in [1.807, 2.05) is 24.3 Å². The summed E-state index contributed by atoms with van der Waals surface area (Å²) in [5.41, 5.74) is 1.52. The van der Waals surface area contributed by atoms with Gasteiger partial charge in [0.15, 0.2) is 0 Å². The van der Waals surface area contributed by atoms with E-state index in [9.17, 15) is 9.18 Å². The maximum Gasteiger partial charge on any atom is 0.309 e. The fourth-order valence-electron chi connectivity index (χ4n) is 2.34. The zero-order valence-corrected chi connectivity index (χ0v) is 13.5. The van der Waals surface area contributed by atoms with Crippen molar-refractivity contribution in [3.63, 3.8) is 0 Å². The van der Waals surface area contributed by atoms with E-state index in [4.69, 9.17) is 9.15 Å². The molecule has 1 amide bonds. The summed E-state index contributed by atoms with van der Waals surface area (Å²) in [6.07, 6.45) is 0.255. The molecule has 0 saturated carbocycles. The Morgan fingerprint density at radius 3 is 2.84 bits per heavy atom. The molecular weight excluding hydrogens is 325 g/mol. The number of aromatic nitrogens is 2. The molecule has 0 spiro atoms. The second kappa shape index (κ2) is 7.57. The second-order valence-corrected chi connectivity index (χ2v) is 5.30. The van der Waals surface area contributed by atoms with E-state index in [0.29, 0.717) is 11.3 Å². The third kappa shape index (κ3) is 4.20. The van der Waals surface area contributed by atoms with Gasteiger partial charge in [-0.25, -0.2) is 4.39 Å². The summed E-state index contributed by atoms with van der Waals surface area (Å²) in [5.74, 6) is -0.0369. The third-order valence-electron chi connectivity index (χ3n) is 3.54. The zero-order chi connectivity index (χ0) is 17.6. The van der Waals surface area contributed by atoms with Crippen LogP contribution < -0.4 is 10.1 Å². The number of benzene rings is 2. The molecule has 3 aromatic rings. The summed E-state index contributed by atoms with van der Waals surface area (Å²) in [6, 6.07) is 13.4. The van der Waals surface area contributed by atoms with Crippen molar-refractivity contribution in [1.29, 1.82) is 0 Å². The fourth-order valence-corrected chi connectivity index (χ4v) is 2.34. The number of methoxy groups -OCH3 is 1. The number of nitrogens with one attached hydrogen (secondary N) is 1. The fraction of sp³-hybridized carbons (Fsp3) is 0.167. The van der Waals surface area contributed by atoms with Gasteiger partial charge in [-0.3, -0.25) is 4.79 Å². The molecule has 1 aromatic heterocycles. The summed E-state index contributed by atoms with van der Waals surface area (Å²) in [4.78, 5) is 12.1. The van der Waals surface area contributed by atoms with Crippen LogP contribution in [-0.4, -0.2) is 23.2 Å². The lowest BCUT2D eigenvalue weighted by atomic mass is 10.1. The molecule has 0 radical (unpaired) electrons. The van der Waals surface area contributed by atoms with E-state index < -0.39 is 5.91 Å². The highest BCUT2D eigenvalue weighted by Crippen LogP contribution is 2.17. The van der Waals surface area contributed by atoms with Crippen LogP contribution in [0.5, 0.6) is 5.75 Å². The van der Waals surface area contributed by atoms with E-state index in [2.05, 4.69) is 15.5 Å². The van der Waals surface area contributed by atoms with Gasteiger partial charge in [0.25, 0.3) is 0 Å². The molecule has 1 heterocycles. The highest BCUT2D eigenvalue weighted by atomic mass is 19.1. The van der Waals surface area contributed by atoms with Crippen LogP contribution in [0.4, 0.5) is 4.39 Å². The zero-order valence-electron chi connectivity index (χ0n) is 13.5. The molecule has 128 valence electrons. The van der Waals surface area contributed by atoms with Crippen LogP contribution in [0.3, 0.4) is 0 Å². The normalized spacial score (nSPS) is 10.5. The number of nitrogens with zero attached hydrogens (tertiary/aromatic N) is 2. The highest BCUT2D eigenvalue weighted by molar-refractivity contribution is 5.89. The van der Waals surface area contributed by atoms with Gasteiger partial charge in [0, 0.05) is 12.1 Å². The van der Waals surface area contributed by atoms with Crippen LogP contribution in [0, 0.1) is 5.82 Å². The Bertz CT molecular complexity index is 879. The number of halogens is 1. The Morgan fingerprint density at radius 2 is 2.04 bits per heavy atom. The SMILES string of the molecule is COc1ccccc1CNC(=O)c1nnc(Cc2cccc(F)c2)o1. The molecule has 0 aliphatic rings. The van der Waals surface area contributed by atoms with E-state index in [1.54, 1.807) is 19.2 Å². The molecule has 0 saturated heterocycles. The van der Waals surface area contributed by atoms with Crippen molar-refractivity contribution >= 4 is 5.91 Å². The molecule has 0 bridgehead atoms. The first kappa shape index (κ1) is 16.6. The van der Waals surface area contributed by atoms with Crippen molar-refractivity contribution < 1.29 is 18.3 Å². The van der Waals surface area contributed by atoms with Gasteiger partial charge in [0.1, 0.15) is 11.6 Å². The average Bonchev–Trinajstić information content (AvgIpc) is 3.08. The molecule has 6 nitrogen and oxygen atoms in total. The first-order valence-electron chi connectivity index (χ1n) is 7.62. The summed E-state index contributed by atoms with van der Waals surface area (Å²) in [6.45, 7) is 0.268. The lowest BCUT2D eigenvalue weighted by molar-refractivity contribution is 0.0914. The predicted molar refractivity (Wildman–Crippen MR) is 87.7 cm³/mol. The van der Waals surface area contributed by atoms with Gasteiger partial charge in [-0.1, -0.05) is 30.3 Å². The minimum absolute atomic E-state index is 0.138. The van der Waals surface area contributed by atoms with Gasteiger partial charge in [-0.2, -0.15) is 0 Å². The largest absolute Gasteiger partial charge is 0.496 e. The van der Waals surface area contributed by atoms with E-state index in [-0.39, 0.29) is 30.6 Å². The molecule has 25 heavy (non-hydrogen) atoms. The monoisotopic (exact) mass is 341 g/mol. The molecule has 7 heteroatoms. The van der Waals surface area contributed by atoms with Crippen molar-refractivity contribution in [1.82, 2.24) is 15.5 Å². The molecule has 0 fully saturated rings. The van der Waals surface area contributed by atoms with Crippen molar-refractivity contribution in [2.24, 2.45) is 0 Å². The number of carbonyl (C=O) groups excluding carboxylic acids is 1. The topological polar surface area (TPSA) is 77.2 Å². The first-order chi connectivity index (χ1) is 12.2. The van der Waals surface area contributed by atoms with Crippen LogP contribution in [0.1, 0.15) is 27.7 Å². The van der Waals surface area contributed by atoms with Crippen LogP contribution in [-0.2, 0) is 13.0 Å². The molecule has 0 atom stereocenters. The molecule has 3 rings (SSSR count). The molecular formula is C18H16FN3O3. The molecule has 0 aliphatic carbocycles. The second-order valence-electron chi connectivity index (χ2n) is 5.30. The summed E-state index contributed by atoms with van der Waals surface area (Å²) >= 11 is 0. The summed E-state index contributed by atoms with van der Waals surface area (Å²) in [7, 11) is 1.57. The van der Waals surface area contributed by atoms with Gasteiger partial charge < -0.3 is 14.5 Å². The molecule has 0 unspecified atom stereocenters. The number of para-hydroxylation sites is 1. The molecule has 1 N–H and O–H groups in total. The minimum atomic E-state index is -0.483. The van der Waals surface area contributed by atoms with Gasteiger partial charge >= 0.3 is 11.8 Å². The van der Waals surface area contributed by atoms with E-state index in [0.717, 1.165) is 5.56 Å². The number of hydrogen-bond acceptors (Lipinski definition) is 5. The quantitative estimate of drug-likeness (QED) is 0.746. The van der Waals surface area contributed by atoms with E-state index in [1.165, 1.54) is 12.1 Å². The van der Waals surface area contributed by atoms with Crippen LogP contribution in [0.15, 0.2) is 52.9 Å². The number of ether oxygens (including phenoxy) is 1. The lowest BCUT2D eigenvalue weighted by Gasteiger charge is -2.08. The Kier molecular flexibility index (Phi) is 5.03. The van der Waals surface area contributed by atoms with Gasteiger partial charge in [0.05, 0.1) is 13.5 Å². The lowest BCUT2D eigenvalue weighted by Crippen LogP contribution is -2.23. The number of rotatable bonds is 6. The Balaban J connectivity index is 1.62. The molecule has 2 aromatic carbocycles. The maximum absolute atomic E-state index is 13.2. The Morgan fingerprint density at radius 1 is 1.20 bits per heavy atom. The summed E-state index contributed by atoms with van der Waals surface area (Å²) in [5, 5.41) is 10.3. The maximum atomic E-state index is 13.2. The first-order valence-corrected chi connectivity index (χ1v) is 7.62. The van der Waals surface area contributed by atoms with Crippen molar-refractivity contribution in [2.45, 2.75) is 13.0 Å². The van der Waals surface area contributed by atoms with Crippen molar-refractivity contribution in [3.05, 3.63) is 77.3 Å². The van der Waals surface area contributed by atoms with Crippen LogP contribution in [0.2, 0.25) is 0 Å². The Labute approximate surface area is 143 Å². The summed E-state index contributed by atoms with van der Waals surface area (Å²) < 4.78 is 23.8. The standard InChI is InChI=1S/C18H16FN3O3/c1-24-15-8-3-2-6-13(15)11-20-17(23)18-22-21-16(25-18)10-12-5-4-7-14(19)9-12/h2-9H,10-11H2,1H3,(H,20,23). The smallest absolute Gasteiger partial charge is 0.309 e. The Hall–Kier alpha value is -3.22. The van der Waals surface area contributed by atoms with Crippen LogP contribution >= 0.6 is 0 Å². The number of amides is 1. The van der Waals surface area contributed by atoms with Crippen LogP contribution in [0.25, 0.3) is 0 Å². The van der Waals surface area contributed by atoms with Gasteiger partial charge in [-0.05, 0) is 23.8 Å². The number of carbonyl (C=O) groups is 1. The van der Waals surface area contributed by atoms with Crippen molar-refractivity contribution in [3.8, 4) is 5.75 Å². The predicted octanol–water partition coefficient (Wildman–Crippen LogP) is 2.74. The highest BCUT2D eigenvalue weighted by Gasteiger charge is 2.15. The van der Waals surface area contributed by atoms with E-state index >= 15 is 0 Å². The third-order valence-corrected chi connectivity index (χ3v) is 3.54. The molecule has 0 aliphatic heterocycles. The van der Waals surface area contributed by atoms with Gasteiger partial charge in [-0.15, -0.1) is 10.2 Å². The van der Waals surface area contributed by atoms with Crippen molar-refractivity contribution in [2.75, 3.05) is 7.11 Å².